The van der Waals surface area contributed by atoms with Crippen LogP contribution in [-0.2, 0) is 15.7 Å². The third-order valence-electron chi connectivity index (χ3n) is 4.63. The average molecular weight is 467 g/mol. The molecule has 5 heteroatoms. The summed E-state index contributed by atoms with van der Waals surface area (Å²) in [4.78, 5) is 12.8. The number of carbonyl (C=O) groups excluding carboxylic acids is 1. The van der Waals surface area contributed by atoms with Crippen LogP contribution < -0.4 is 14.6 Å². The van der Waals surface area contributed by atoms with Gasteiger partial charge >= 0.3 is 0 Å². The first kappa shape index (κ1) is 26.3. The Labute approximate surface area is 200 Å². The average Bonchev–Trinajstić information content (AvgIpc) is 2.82. The van der Waals surface area contributed by atoms with E-state index in [2.05, 4.69) is 92.7 Å². The molecule has 0 fully saturated rings. The van der Waals surface area contributed by atoms with Crippen LogP contribution in [0.4, 0.5) is 0 Å². The molecule has 0 heterocycles. The van der Waals surface area contributed by atoms with Gasteiger partial charge in [-0.2, -0.15) is 0 Å². The van der Waals surface area contributed by atoms with Crippen LogP contribution in [0.2, 0.25) is 0 Å². The molecule has 3 aromatic carbocycles. The molecule has 0 saturated heterocycles. The molecular formula is C28H34O4S. The van der Waals surface area contributed by atoms with Crippen LogP contribution in [0.15, 0.2) is 93.5 Å². The van der Waals surface area contributed by atoms with Gasteiger partial charge in [0.2, 0.25) is 0 Å². The van der Waals surface area contributed by atoms with Crippen molar-refractivity contribution in [3.63, 3.8) is 0 Å². The topological polar surface area (TPSA) is 58.6 Å². The minimum atomic E-state index is -1.08. The van der Waals surface area contributed by atoms with Crippen molar-refractivity contribution in [1.82, 2.24) is 0 Å². The van der Waals surface area contributed by atoms with Gasteiger partial charge in [0.1, 0.15) is 11.5 Å². The second kappa shape index (κ2) is 15.0. The van der Waals surface area contributed by atoms with Crippen LogP contribution >= 0.6 is 0 Å². The lowest BCUT2D eigenvalue weighted by Gasteiger charge is -2.10. The second-order valence-corrected chi connectivity index (χ2v) is 9.48. The Morgan fingerprint density at radius 3 is 1.42 bits per heavy atom. The Kier molecular flexibility index (Phi) is 12.0. The molecule has 3 aromatic rings. The van der Waals surface area contributed by atoms with Crippen molar-refractivity contribution in [2.45, 2.75) is 61.1 Å². The van der Waals surface area contributed by atoms with Crippen molar-refractivity contribution in [1.29, 1.82) is 0 Å². The van der Waals surface area contributed by atoms with Gasteiger partial charge in [-0.05, 0) is 80.4 Å². The highest BCUT2D eigenvalue weighted by Crippen LogP contribution is 2.33. The van der Waals surface area contributed by atoms with Gasteiger partial charge in [0.05, 0.1) is 24.1 Å². The normalized spacial score (nSPS) is 10.3. The highest BCUT2D eigenvalue weighted by molar-refractivity contribution is 7.97. The summed E-state index contributed by atoms with van der Waals surface area (Å²) in [6.07, 6.45) is 4.47. The Morgan fingerprint density at radius 1 is 0.697 bits per heavy atom. The summed E-state index contributed by atoms with van der Waals surface area (Å²) < 4.78 is 11.7. The number of carbonyl (C=O) groups is 1. The number of carboxylic acids is 1. The molecule has 176 valence electrons. The summed E-state index contributed by atoms with van der Waals surface area (Å²) in [6, 6.07) is 27.9. The van der Waals surface area contributed by atoms with Crippen molar-refractivity contribution >= 4 is 16.9 Å². The molecule has 0 atom stereocenters. The van der Waals surface area contributed by atoms with E-state index in [-0.39, 0.29) is 10.9 Å². The lowest BCUT2D eigenvalue weighted by molar-refractivity contribution is -0.302. The Balaban J connectivity index is 0.000000890. The van der Waals surface area contributed by atoms with E-state index in [9.17, 15) is 0 Å². The standard InChI is InChI=1S/C26H31O2S.C2H4O2/c1-3-5-20-27-22-12-16-25(17-13-22)29(24-10-8-7-9-11-24)26-18-14-23(15-19-26)28-21-6-4-2;1-2(3)4/h7-19H,3-6,20-21H2,1-2H3;1H3,(H,3,4)/q+1;/p-1. The summed E-state index contributed by atoms with van der Waals surface area (Å²) in [6.45, 7) is 6.88. The van der Waals surface area contributed by atoms with E-state index in [1.54, 1.807) is 0 Å². The number of carboxylic acid groups (broad SMARTS) is 1. The largest absolute Gasteiger partial charge is 0.550 e. The van der Waals surface area contributed by atoms with Crippen LogP contribution in [0.5, 0.6) is 11.5 Å². The summed E-state index contributed by atoms with van der Waals surface area (Å²) in [7, 11) is -0.157. The maximum Gasteiger partial charge on any atom is 0.166 e. The fraction of sp³-hybridized carbons (Fsp3) is 0.321. The first-order valence-corrected chi connectivity index (χ1v) is 12.7. The SMILES string of the molecule is CC(=O)[O-].CCCCOc1ccc([S+](c2ccccc2)c2ccc(OCCCC)cc2)cc1. The van der Waals surface area contributed by atoms with E-state index in [1.165, 1.54) is 14.7 Å². The van der Waals surface area contributed by atoms with Gasteiger partial charge in [0.25, 0.3) is 0 Å². The Hall–Kier alpha value is -2.92. The van der Waals surface area contributed by atoms with E-state index in [0.717, 1.165) is 57.3 Å². The van der Waals surface area contributed by atoms with E-state index >= 15 is 0 Å². The molecule has 4 nitrogen and oxygen atoms in total. The summed E-state index contributed by atoms with van der Waals surface area (Å²) in [5.41, 5.74) is 0. The van der Waals surface area contributed by atoms with Crippen molar-refractivity contribution in [2.24, 2.45) is 0 Å². The fourth-order valence-electron chi connectivity index (χ4n) is 2.98. The highest BCUT2D eigenvalue weighted by atomic mass is 32.2. The smallest absolute Gasteiger partial charge is 0.166 e. The van der Waals surface area contributed by atoms with Crippen molar-refractivity contribution < 1.29 is 19.4 Å². The zero-order valence-electron chi connectivity index (χ0n) is 19.8. The molecule has 0 aliphatic carbocycles. The minimum Gasteiger partial charge on any atom is -0.550 e. The molecule has 33 heavy (non-hydrogen) atoms. The quantitative estimate of drug-likeness (QED) is 0.261. The first-order valence-electron chi connectivity index (χ1n) is 11.5. The molecule has 3 rings (SSSR count). The third-order valence-corrected chi connectivity index (χ3v) is 6.86. The van der Waals surface area contributed by atoms with E-state index in [4.69, 9.17) is 19.4 Å². The Morgan fingerprint density at radius 2 is 1.06 bits per heavy atom. The first-order chi connectivity index (χ1) is 16.0. The zero-order chi connectivity index (χ0) is 23.9. The number of hydrogen-bond acceptors (Lipinski definition) is 4. The number of rotatable bonds is 11. The van der Waals surface area contributed by atoms with Crippen LogP contribution in [0.1, 0.15) is 46.5 Å². The zero-order valence-corrected chi connectivity index (χ0v) is 20.6. The maximum atomic E-state index is 8.89. The van der Waals surface area contributed by atoms with Gasteiger partial charge < -0.3 is 19.4 Å². The predicted octanol–water partition coefficient (Wildman–Crippen LogP) is 5.90. The lowest BCUT2D eigenvalue weighted by atomic mass is 10.3. The molecule has 0 aromatic heterocycles. The number of aliphatic carboxylic acids is 1. The second-order valence-electron chi connectivity index (χ2n) is 7.46. The highest BCUT2D eigenvalue weighted by Gasteiger charge is 2.28. The summed E-state index contributed by atoms with van der Waals surface area (Å²) in [5, 5.41) is 8.89. The molecule has 0 aliphatic heterocycles. The molecule has 0 amide bonds. The van der Waals surface area contributed by atoms with E-state index < -0.39 is 5.97 Å². The molecule has 0 radical (unpaired) electrons. The van der Waals surface area contributed by atoms with Crippen LogP contribution in [0, 0.1) is 0 Å². The van der Waals surface area contributed by atoms with Crippen molar-refractivity contribution in [2.75, 3.05) is 13.2 Å². The number of benzene rings is 3. The minimum absolute atomic E-state index is 0.157. The molecule has 0 aliphatic rings. The molecule has 0 saturated carbocycles. The van der Waals surface area contributed by atoms with Crippen molar-refractivity contribution in [3.8, 4) is 11.5 Å². The Bertz CT molecular complexity index is 867. The molecule has 0 unspecified atom stereocenters. The summed E-state index contributed by atoms with van der Waals surface area (Å²) >= 11 is 0. The molecule has 0 N–H and O–H groups in total. The predicted molar refractivity (Wildman–Crippen MR) is 133 cm³/mol. The van der Waals surface area contributed by atoms with E-state index in [0.29, 0.717) is 0 Å². The summed E-state index contributed by atoms with van der Waals surface area (Å²) in [5.74, 6) is 0.803. The van der Waals surface area contributed by atoms with Crippen LogP contribution in [0.25, 0.3) is 0 Å². The van der Waals surface area contributed by atoms with E-state index in [1.807, 2.05) is 0 Å². The van der Waals surface area contributed by atoms with Gasteiger partial charge in [-0.3, -0.25) is 0 Å². The molecule has 0 spiro atoms. The van der Waals surface area contributed by atoms with Gasteiger partial charge in [0, 0.05) is 5.97 Å². The van der Waals surface area contributed by atoms with Gasteiger partial charge in [-0.1, -0.05) is 44.9 Å². The van der Waals surface area contributed by atoms with Crippen LogP contribution in [0.3, 0.4) is 0 Å². The number of ether oxygens (including phenoxy) is 2. The van der Waals surface area contributed by atoms with Crippen LogP contribution in [-0.4, -0.2) is 19.2 Å². The third kappa shape index (κ3) is 9.62. The van der Waals surface area contributed by atoms with Crippen molar-refractivity contribution in [3.05, 3.63) is 78.9 Å². The fourth-order valence-corrected chi connectivity index (χ4v) is 5.04. The molecule has 0 bridgehead atoms. The van der Waals surface area contributed by atoms with Gasteiger partial charge in [-0.25, -0.2) is 0 Å². The maximum absolute atomic E-state index is 8.89. The lowest BCUT2D eigenvalue weighted by Crippen LogP contribution is -2.16. The monoisotopic (exact) mass is 466 g/mol. The number of unbranched alkanes of at least 4 members (excludes halogenated alkanes) is 2. The van der Waals surface area contributed by atoms with Gasteiger partial charge in [-0.15, -0.1) is 0 Å². The van der Waals surface area contributed by atoms with Gasteiger partial charge in [0.15, 0.2) is 14.7 Å². The molecular weight excluding hydrogens is 432 g/mol. The number of hydrogen-bond donors (Lipinski definition) is 0.